The molecule has 2 unspecified atom stereocenters. The van der Waals surface area contributed by atoms with Crippen LogP contribution >= 0.6 is 0 Å². The highest BCUT2D eigenvalue weighted by Crippen LogP contribution is 2.46. The molecule has 2 aromatic heterocycles. The molecule has 8 rings (SSSR count). The van der Waals surface area contributed by atoms with Gasteiger partial charge in [-0.15, -0.1) is 6.42 Å². The summed E-state index contributed by atoms with van der Waals surface area (Å²) in [5, 5.41) is 11.2. The number of aromatic nitrogens is 3. The van der Waals surface area contributed by atoms with Gasteiger partial charge in [-0.3, -0.25) is 9.69 Å². The summed E-state index contributed by atoms with van der Waals surface area (Å²) in [4.78, 5) is 45.0. The van der Waals surface area contributed by atoms with Gasteiger partial charge in [-0.25, -0.2) is 18.6 Å². The topological polar surface area (TPSA) is 134 Å². The van der Waals surface area contributed by atoms with Crippen molar-refractivity contribution in [2.75, 3.05) is 51.8 Å². The van der Waals surface area contributed by atoms with Crippen LogP contribution in [0, 0.1) is 24.0 Å². The Kier molecular flexibility index (Phi) is 10.5. The molecule has 4 atom stereocenters. The van der Waals surface area contributed by atoms with E-state index in [0.717, 1.165) is 36.8 Å². The van der Waals surface area contributed by atoms with Gasteiger partial charge in [0, 0.05) is 44.2 Å². The average Bonchev–Trinajstić information content (AvgIpc) is 3.84. The molecule has 0 spiro atoms. The molecule has 318 valence electrons. The van der Waals surface area contributed by atoms with Crippen LogP contribution in [0.5, 0.6) is 17.6 Å². The molecule has 60 heavy (non-hydrogen) atoms. The molecule has 2 aromatic carbocycles. The van der Waals surface area contributed by atoms with E-state index in [9.17, 15) is 27.9 Å². The van der Waals surface area contributed by atoms with Crippen molar-refractivity contribution in [3.05, 3.63) is 41.5 Å². The predicted octanol–water partition coefficient (Wildman–Crippen LogP) is 6.41. The number of carbonyl (C=O) groups is 2. The molecule has 4 aliphatic rings. The molecule has 6 heterocycles. The number of phenolic OH excluding ortho intramolecular Hbond substituents is 1. The van der Waals surface area contributed by atoms with E-state index in [1.807, 2.05) is 0 Å². The molecule has 4 aliphatic heterocycles. The summed E-state index contributed by atoms with van der Waals surface area (Å²) in [6, 6.07) is 3.18. The smallest absolute Gasteiger partial charge is 0.471 e. The number of aromatic hydroxyl groups is 1. The lowest BCUT2D eigenvalue weighted by Crippen LogP contribution is -2.59. The van der Waals surface area contributed by atoms with E-state index in [2.05, 4.69) is 20.8 Å². The third kappa shape index (κ3) is 7.20. The number of rotatable bonds is 9. The molecule has 18 heteroatoms. The molecule has 4 aromatic rings. The van der Waals surface area contributed by atoms with Crippen molar-refractivity contribution >= 4 is 39.5 Å². The molecule has 2 bridgehead atoms. The van der Waals surface area contributed by atoms with Gasteiger partial charge in [-0.1, -0.05) is 12.0 Å². The first-order chi connectivity index (χ1) is 28.5. The maximum absolute atomic E-state index is 17.5. The minimum atomic E-state index is -5.06. The Morgan fingerprint density at radius 3 is 2.45 bits per heavy atom. The fraction of sp³-hybridized carbons (Fsp3) is 0.500. The zero-order valence-corrected chi connectivity index (χ0v) is 33.5. The number of hydrogen-bond donors (Lipinski definition) is 1. The molecule has 13 nitrogen and oxygen atoms in total. The maximum Gasteiger partial charge on any atom is 0.471 e. The van der Waals surface area contributed by atoms with E-state index >= 15 is 8.78 Å². The minimum absolute atomic E-state index is 0.00408. The number of ether oxygens (including phenoxy) is 3. The van der Waals surface area contributed by atoms with Crippen molar-refractivity contribution in [3.8, 4) is 41.2 Å². The zero-order chi connectivity index (χ0) is 42.8. The number of halogens is 5. The van der Waals surface area contributed by atoms with Crippen molar-refractivity contribution in [3.63, 3.8) is 0 Å². The largest absolute Gasteiger partial charge is 0.508 e. The Labute approximate surface area is 342 Å². The van der Waals surface area contributed by atoms with Crippen LogP contribution in [0.2, 0.25) is 0 Å². The second-order valence-corrected chi connectivity index (χ2v) is 16.4. The van der Waals surface area contributed by atoms with E-state index in [4.69, 9.17) is 25.6 Å². The number of pyridine rings is 1. The Morgan fingerprint density at radius 1 is 1.05 bits per heavy atom. The molecule has 0 radical (unpaired) electrons. The number of benzene rings is 2. The molecule has 4 fully saturated rings. The van der Waals surface area contributed by atoms with Gasteiger partial charge >= 0.3 is 24.2 Å². The fourth-order valence-corrected chi connectivity index (χ4v) is 9.48. The molecule has 2 amide bonds. The number of alkyl halides is 3. The van der Waals surface area contributed by atoms with Gasteiger partial charge in [0.1, 0.15) is 47.2 Å². The fourth-order valence-electron chi connectivity index (χ4n) is 9.48. The van der Waals surface area contributed by atoms with Gasteiger partial charge in [-0.2, -0.15) is 23.1 Å². The summed E-state index contributed by atoms with van der Waals surface area (Å²) in [6.07, 6.45) is 3.37. The minimum Gasteiger partial charge on any atom is -0.508 e. The Hall–Kier alpha value is -5.70. The maximum atomic E-state index is 17.5. The quantitative estimate of drug-likeness (QED) is 0.148. The monoisotopic (exact) mass is 837 g/mol. The SMILES string of the molecule is C#Cc1c(F)ccc2cc(O)cc(-c3nc(OC(C)C)c4c(N5CC6CCC(C5)N6C(=O)C(F)(F)F)nc(OC[C@]56CCCN5[C@@H](COC(=O)N(C)C)CC6)nc4c3F)c12. The highest BCUT2D eigenvalue weighted by atomic mass is 19.4. The van der Waals surface area contributed by atoms with Crippen LogP contribution in [0.15, 0.2) is 24.3 Å². The number of carbonyl (C=O) groups excluding carboxylic acids is 2. The molecule has 0 aliphatic carbocycles. The summed E-state index contributed by atoms with van der Waals surface area (Å²) < 4.78 is 92.1. The van der Waals surface area contributed by atoms with Crippen LogP contribution in [-0.4, -0.2) is 130 Å². The van der Waals surface area contributed by atoms with Gasteiger partial charge in [0.25, 0.3) is 0 Å². The predicted molar refractivity (Wildman–Crippen MR) is 210 cm³/mol. The Morgan fingerprint density at radius 2 is 1.78 bits per heavy atom. The van der Waals surface area contributed by atoms with Crippen molar-refractivity contribution in [1.82, 2.24) is 29.7 Å². The van der Waals surface area contributed by atoms with E-state index < -0.39 is 53.5 Å². The van der Waals surface area contributed by atoms with Gasteiger partial charge in [-0.05, 0) is 82.5 Å². The van der Waals surface area contributed by atoms with Crippen LogP contribution in [0.1, 0.15) is 57.9 Å². The number of fused-ring (bicyclic) bond motifs is 5. The molecule has 0 saturated carbocycles. The highest BCUT2D eigenvalue weighted by molar-refractivity contribution is 6.04. The third-order valence-corrected chi connectivity index (χ3v) is 12.0. The van der Waals surface area contributed by atoms with Gasteiger partial charge in [0.15, 0.2) is 5.82 Å². The molecular weight excluding hydrogens is 793 g/mol. The van der Waals surface area contributed by atoms with Crippen LogP contribution in [0.4, 0.5) is 32.6 Å². The van der Waals surface area contributed by atoms with Crippen molar-refractivity contribution in [2.24, 2.45) is 0 Å². The van der Waals surface area contributed by atoms with Crippen molar-refractivity contribution in [1.29, 1.82) is 0 Å². The van der Waals surface area contributed by atoms with E-state index in [1.54, 1.807) is 32.8 Å². The third-order valence-electron chi connectivity index (χ3n) is 12.0. The number of anilines is 1. The Balaban J connectivity index is 1.26. The van der Waals surface area contributed by atoms with Gasteiger partial charge in [0.2, 0.25) is 5.88 Å². The lowest BCUT2D eigenvalue weighted by molar-refractivity contribution is -0.188. The number of nitrogens with zero attached hydrogens (tertiary/aromatic N) is 7. The lowest BCUT2D eigenvalue weighted by atomic mass is 9.95. The average molecular weight is 838 g/mol. The molecule has 4 saturated heterocycles. The highest BCUT2D eigenvalue weighted by Gasteiger charge is 2.53. The van der Waals surface area contributed by atoms with Crippen LogP contribution < -0.4 is 14.4 Å². The first kappa shape index (κ1) is 41.1. The number of piperazine rings is 1. The van der Waals surface area contributed by atoms with Gasteiger partial charge in [0.05, 0.1) is 29.3 Å². The number of terminal acetylenes is 1. The van der Waals surface area contributed by atoms with Crippen LogP contribution in [-0.2, 0) is 9.53 Å². The second-order valence-electron chi connectivity index (χ2n) is 16.4. The van der Waals surface area contributed by atoms with E-state index in [0.29, 0.717) is 24.6 Å². The summed E-state index contributed by atoms with van der Waals surface area (Å²) in [7, 11) is 3.21. The van der Waals surface area contributed by atoms with E-state index in [-0.39, 0.29) is 88.9 Å². The Bertz CT molecular complexity index is 2410. The first-order valence-electron chi connectivity index (χ1n) is 19.9. The summed E-state index contributed by atoms with van der Waals surface area (Å²) in [5.41, 5.74) is -1.38. The number of phenols is 1. The normalized spacial score (nSPS) is 22.7. The van der Waals surface area contributed by atoms with E-state index in [1.165, 1.54) is 23.1 Å². The second kappa shape index (κ2) is 15.4. The number of hydrogen-bond acceptors (Lipinski definition) is 11. The van der Waals surface area contributed by atoms with Gasteiger partial charge < -0.3 is 34.0 Å². The van der Waals surface area contributed by atoms with Crippen LogP contribution in [0.25, 0.3) is 32.9 Å². The lowest BCUT2D eigenvalue weighted by Gasteiger charge is -2.42. The summed E-state index contributed by atoms with van der Waals surface area (Å²) >= 11 is 0. The zero-order valence-electron chi connectivity index (χ0n) is 33.5. The standard InChI is InChI=1S/C42H44F5N7O6/c1-6-28-30(43)11-8-23-16-27(55)17-29(31(23)28)34-33(44)35-32(37(48-34)60-22(2)3)36(52-18-24-9-10-25(19-52)54(24)38(56)42(45,46)47)50-39(49-35)59-21-41-13-7-15-53(41)26(12-14-41)20-58-40(57)51(4)5/h1,8,11,16-17,22,24-26,55H,7,9-10,12-15,18-21H2,2-5H3/t24?,25?,26-,41-/m1/s1. The van der Waals surface area contributed by atoms with Crippen molar-refractivity contribution in [2.45, 2.75) is 88.3 Å². The molecular formula is C42H44F5N7O6. The molecule has 1 N–H and O–H groups in total. The number of amides is 2. The van der Waals surface area contributed by atoms with Crippen LogP contribution in [0.3, 0.4) is 0 Å². The summed E-state index contributed by atoms with van der Waals surface area (Å²) in [5.74, 6) is -1.68. The van der Waals surface area contributed by atoms with Crippen molar-refractivity contribution < 1.29 is 50.9 Å². The summed E-state index contributed by atoms with van der Waals surface area (Å²) in [6.45, 7) is 4.31. The first-order valence-corrected chi connectivity index (χ1v) is 19.9.